The quantitative estimate of drug-likeness (QED) is 0.717. The van der Waals surface area contributed by atoms with Gasteiger partial charge in [0.25, 0.3) is 11.8 Å². The number of carbonyl (C=O) groups excluding carboxylic acids is 1. The summed E-state index contributed by atoms with van der Waals surface area (Å²) in [5.74, 6) is 1.30. The summed E-state index contributed by atoms with van der Waals surface area (Å²) in [5.41, 5.74) is 2.42. The van der Waals surface area contributed by atoms with Crippen molar-refractivity contribution in [3.05, 3.63) is 54.1 Å². The molecule has 0 aliphatic rings. The average Bonchev–Trinajstić information content (AvgIpc) is 3.09. The molecule has 25 heavy (non-hydrogen) atoms. The molecule has 1 amide bonds. The first kappa shape index (κ1) is 16.5. The molecule has 7 nitrogen and oxygen atoms in total. The van der Waals surface area contributed by atoms with E-state index in [0.29, 0.717) is 29.8 Å². The van der Waals surface area contributed by atoms with Crippen molar-refractivity contribution >= 4 is 17.5 Å². The van der Waals surface area contributed by atoms with Crippen LogP contribution in [-0.4, -0.2) is 23.2 Å². The first-order valence-electron chi connectivity index (χ1n) is 7.73. The van der Waals surface area contributed by atoms with Gasteiger partial charge in [-0.1, -0.05) is 24.3 Å². The van der Waals surface area contributed by atoms with Crippen LogP contribution in [0.15, 0.2) is 53.1 Å². The van der Waals surface area contributed by atoms with Crippen molar-refractivity contribution in [1.82, 2.24) is 10.1 Å². The molecule has 0 aliphatic carbocycles. The molecule has 7 heteroatoms. The molecule has 1 heterocycles. The second-order valence-corrected chi connectivity index (χ2v) is 5.36. The van der Waals surface area contributed by atoms with Crippen molar-refractivity contribution in [3.8, 4) is 17.2 Å². The molecular formula is C18H18N4O3. The summed E-state index contributed by atoms with van der Waals surface area (Å²) < 4.78 is 10.5. The van der Waals surface area contributed by atoms with Crippen LogP contribution in [0.5, 0.6) is 5.75 Å². The summed E-state index contributed by atoms with van der Waals surface area (Å²) in [6.45, 7) is 1.93. The van der Waals surface area contributed by atoms with Gasteiger partial charge in [-0.15, -0.1) is 0 Å². The monoisotopic (exact) mass is 338 g/mol. The molecule has 0 aliphatic heterocycles. The lowest BCUT2D eigenvalue weighted by atomic mass is 10.2. The molecule has 0 unspecified atom stereocenters. The van der Waals surface area contributed by atoms with Gasteiger partial charge in [0.1, 0.15) is 5.75 Å². The highest BCUT2D eigenvalue weighted by Crippen LogP contribution is 2.26. The predicted molar refractivity (Wildman–Crippen MR) is 94.4 cm³/mol. The Hall–Kier alpha value is -3.35. The number of amides is 1. The maximum atomic E-state index is 11.3. The van der Waals surface area contributed by atoms with Gasteiger partial charge in [-0.3, -0.25) is 4.79 Å². The highest BCUT2D eigenvalue weighted by molar-refractivity contribution is 5.90. The van der Waals surface area contributed by atoms with Gasteiger partial charge < -0.3 is 19.9 Å². The fraction of sp³-hybridized carbons (Fsp3) is 0.167. The van der Waals surface area contributed by atoms with Crippen LogP contribution in [0.25, 0.3) is 11.5 Å². The minimum absolute atomic E-state index is 0.158. The number of aromatic nitrogens is 2. The Kier molecular flexibility index (Phi) is 4.94. The minimum atomic E-state index is -0.158. The third-order valence-electron chi connectivity index (χ3n) is 3.47. The van der Waals surface area contributed by atoms with Crippen LogP contribution in [0.2, 0.25) is 0 Å². The van der Waals surface area contributed by atoms with E-state index in [0.717, 1.165) is 11.1 Å². The van der Waals surface area contributed by atoms with Crippen LogP contribution in [-0.2, 0) is 11.3 Å². The SMILES string of the molecule is COc1ccc(CNc2noc(-c3ccccc3)n2)cc1NC(C)=O. The van der Waals surface area contributed by atoms with Gasteiger partial charge in [0, 0.05) is 19.0 Å². The van der Waals surface area contributed by atoms with Crippen LogP contribution in [0.3, 0.4) is 0 Å². The maximum Gasteiger partial charge on any atom is 0.264 e. The minimum Gasteiger partial charge on any atom is -0.495 e. The van der Waals surface area contributed by atoms with Crippen molar-refractivity contribution in [2.24, 2.45) is 0 Å². The number of anilines is 2. The number of ether oxygens (including phenoxy) is 1. The van der Waals surface area contributed by atoms with Gasteiger partial charge in [-0.2, -0.15) is 4.98 Å². The molecule has 2 N–H and O–H groups in total. The average molecular weight is 338 g/mol. The van der Waals surface area contributed by atoms with Gasteiger partial charge in [-0.25, -0.2) is 0 Å². The van der Waals surface area contributed by atoms with Gasteiger partial charge in [0.15, 0.2) is 0 Å². The van der Waals surface area contributed by atoms with Gasteiger partial charge in [0.05, 0.1) is 12.8 Å². The van der Waals surface area contributed by atoms with Crippen LogP contribution in [0.1, 0.15) is 12.5 Å². The highest BCUT2D eigenvalue weighted by atomic mass is 16.5. The first-order valence-corrected chi connectivity index (χ1v) is 7.73. The maximum absolute atomic E-state index is 11.3. The Morgan fingerprint density at radius 3 is 2.72 bits per heavy atom. The lowest BCUT2D eigenvalue weighted by molar-refractivity contribution is -0.114. The zero-order valence-electron chi connectivity index (χ0n) is 13.9. The molecule has 0 spiro atoms. The van der Waals surface area contributed by atoms with Gasteiger partial charge >= 0.3 is 0 Å². The number of benzene rings is 2. The lowest BCUT2D eigenvalue weighted by Gasteiger charge is -2.11. The summed E-state index contributed by atoms with van der Waals surface area (Å²) in [6, 6.07) is 15.1. The third kappa shape index (κ3) is 4.14. The molecule has 0 radical (unpaired) electrons. The van der Waals surface area contributed by atoms with Crippen molar-refractivity contribution in [2.75, 3.05) is 17.7 Å². The summed E-state index contributed by atoms with van der Waals surface area (Å²) in [7, 11) is 1.56. The van der Waals surface area contributed by atoms with E-state index < -0.39 is 0 Å². The molecule has 0 atom stereocenters. The van der Waals surface area contributed by atoms with Crippen molar-refractivity contribution < 1.29 is 14.1 Å². The molecule has 0 saturated heterocycles. The van der Waals surface area contributed by atoms with E-state index in [2.05, 4.69) is 20.8 Å². The molecule has 0 saturated carbocycles. The van der Waals surface area contributed by atoms with Crippen LogP contribution >= 0.6 is 0 Å². The predicted octanol–water partition coefficient (Wildman–Crippen LogP) is 3.32. The second-order valence-electron chi connectivity index (χ2n) is 5.36. The second kappa shape index (κ2) is 7.48. The van der Waals surface area contributed by atoms with Crippen LogP contribution in [0.4, 0.5) is 11.6 Å². The molecule has 2 aromatic carbocycles. The topological polar surface area (TPSA) is 89.3 Å². The first-order chi connectivity index (χ1) is 12.2. The Labute approximate surface area is 145 Å². The van der Waals surface area contributed by atoms with Crippen molar-refractivity contribution in [1.29, 1.82) is 0 Å². The third-order valence-corrected chi connectivity index (χ3v) is 3.47. The summed E-state index contributed by atoms with van der Waals surface area (Å²) in [5, 5.41) is 9.77. The zero-order chi connectivity index (χ0) is 17.6. The number of carbonyl (C=O) groups is 1. The molecular weight excluding hydrogens is 320 g/mol. The Morgan fingerprint density at radius 1 is 1.20 bits per heavy atom. The van der Waals surface area contributed by atoms with E-state index in [1.807, 2.05) is 42.5 Å². The van der Waals surface area contributed by atoms with Crippen LogP contribution < -0.4 is 15.4 Å². The number of methoxy groups -OCH3 is 1. The number of nitrogens with one attached hydrogen (secondary N) is 2. The fourth-order valence-corrected chi connectivity index (χ4v) is 2.33. The van der Waals surface area contributed by atoms with Gasteiger partial charge in [-0.05, 0) is 35.0 Å². The van der Waals surface area contributed by atoms with Crippen molar-refractivity contribution in [3.63, 3.8) is 0 Å². The Bertz CT molecular complexity index is 862. The molecule has 3 aromatic rings. The summed E-state index contributed by atoms with van der Waals surface area (Å²) in [4.78, 5) is 15.6. The van der Waals surface area contributed by atoms with E-state index in [1.54, 1.807) is 13.2 Å². The highest BCUT2D eigenvalue weighted by Gasteiger charge is 2.09. The van der Waals surface area contributed by atoms with E-state index in [9.17, 15) is 4.79 Å². The number of hydrogen-bond donors (Lipinski definition) is 2. The molecule has 1 aromatic heterocycles. The zero-order valence-corrected chi connectivity index (χ0v) is 13.9. The standard InChI is InChI=1S/C18H18N4O3/c1-12(23)20-15-10-13(8-9-16(15)24-2)11-19-18-21-17(25-22-18)14-6-4-3-5-7-14/h3-10H,11H2,1-2H3,(H,19,22)(H,20,23). The smallest absolute Gasteiger partial charge is 0.264 e. The fourth-order valence-electron chi connectivity index (χ4n) is 2.33. The van der Waals surface area contributed by atoms with Crippen LogP contribution in [0, 0.1) is 0 Å². The van der Waals surface area contributed by atoms with Crippen molar-refractivity contribution in [2.45, 2.75) is 13.5 Å². The number of hydrogen-bond acceptors (Lipinski definition) is 6. The molecule has 3 rings (SSSR count). The number of rotatable bonds is 6. The van der Waals surface area contributed by atoms with E-state index >= 15 is 0 Å². The molecule has 0 fully saturated rings. The van der Waals surface area contributed by atoms with E-state index in [1.165, 1.54) is 6.92 Å². The van der Waals surface area contributed by atoms with E-state index in [4.69, 9.17) is 9.26 Å². The molecule has 0 bridgehead atoms. The Morgan fingerprint density at radius 2 is 2.00 bits per heavy atom. The largest absolute Gasteiger partial charge is 0.495 e. The summed E-state index contributed by atoms with van der Waals surface area (Å²) in [6.07, 6.45) is 0. The lowest BCUT2D eigenvalue weighted by Crippen LogP contribution is -2.08. The Balaban J connectivity index is 1.69. The summed E-state index contributed by atoms with van der Waals surface area (Å²) >= 11 is 0. The van der Waals surface area contributed by atoms with E-state index in [-0.39, 0.29) is 5.91 Å². The molecule has 128 valence electrons. The van der Waals surface area contributed by atoms with Gasteiger partial charge in [0.2, 0.25) is 5.91 Å². The normalized spacial score (nSPS) is 10.3. The number of nitrogens with zero attached hydrogens (tertiary/aromatic N) is 2.